The minimum absolute atomic E-state index is 0.415. The molecule has 1 aromatic carbocycles. The van der Waals surface area contributed by atoms with E-state index in [2.05, 4.69) is 61.8 Å². The molecule has 0 fully saturated rings. The van der Waals surface area contributed by atoms with Crippen LogP contribution in [0.25, 0.3) is 0 Å². The lowest BCUT2D eigenvalue weighted by molar-refractivity contribution is 0.134. The molecule has 1 aromatic rings. The lowest BCUT2D eigenvalue weighted by Gasteiger charge is -2.25. The molecule has 1 aliphatic heterocycles. The molecule has 0 amide bonds. The zero-order valence-electron chi connectivity index (χ0n) is 12.5. The molecule has 0 N–H and O–H groups in total. The van der Waals surface area contributed by atoms with Gasteiger partial charge < -0.3 is 4.74 Å². The van der Waals surface area contributed by atoms with Crippen molar-refractivity contribution in [1.82, 2.24) is 0 Å². The van der Waals surface area contributed by atoms with Crippen molar-refractivity contribution in [3.05, 3.63) is 34.9 Å². The van der Waals surface area contributed by atoms with E-state index in [-0.39, 0.29) is 0 Å². The highest BCUT2D eigenvalue weighted by molar-refractivity contribution is 9.09. The number of hydrogen-bond acceptors (Lipinski definition) is 1. The second-order valence-electron chi connectivity index (χ2n) is 7.09. The first-order valence-electron chi connectivity index (χ1n) is 7.19. The van der Waals surface area contributed by atoms with Gasteiger partial charge in [-0.05, 0) is 40.9 Å². The van der Waals surface area contributed by atoms with E-state index in [0.717, 1.165) is 19.1 Å². The number of fused-ring (bicyclic) bond motifs is 1. The van der Waals surface area contributed by atoms with Crippen LogP contribution < -0.4 is 0 Å². The molecule has 0 aliphatic carbocycles. The van der Waals surface area contributed by atoms with Gasteiger partial charge in [0.1, 0.15) is 0 Å². The average molecular weight is 325 g/mol. The summed E-state index contributed by atoms with van der Waals surface area (Å²) < 4.78 is 5.48. The van der Waals surface area contributed by atoms with E-state index in [1.54, 1.807) is 0 Å². The smallest absolute Gasteiger partial charge is 0.0725 e. The van der Waals surface area contributed by atoms with Crippen LogP contribution >= 0.6 is 15.9 Å². The Kier molecular flexibility index (Phi) is 4.73. The predicted octanol–water partition coefficient (Wildman–Crippen LogP) is 5.62. The van der Waals surface area contributed by atoms with E-state index in [0.29, 0.717) is 10.2 Å². The summed E-state index contributed by atoms with van der Waals surface area (Å²) in [6.45, 7) is 10.9. The van der Waals surface area contributed by atoms with Gasteiger partial charge in [0.05, 0.1) is 13.2 Å². The summed E-state index contributed by atoms with van der Waals surface area (Å²) in [7, 11) is 0. The summed E-state index contributed by atoms with van der Waals surface area (Å²) >= 11 is 3.86. The second kappa shape index (κ2) is 5.97. The molecule has 2 rings (SSSR count). The number of hydrogen-bond donors (Lipinski definition) is 0. The van der Waals surface area contributed by atoms with E-state index in [1.807, 2.05) is 0 Å². The molecule has 19 heavy (non-hydrogen) atoms. The van der Waals surface area contributed by atoms with Gasteiger partial charge in [0.25, 0.3) is 0 Å². The van der Waals surface area contributed by atoms with Gasteiger partial charge in [0.2, 0.25) is 0 Å². The topological polar surface area (TPSA) is 9.23 Å². The minimum Gasteiger partial charge on any atom is -0.372 e. The average Bonchev–Trinajstić information content (AvgIpc) is 2.72. The van der Waals surface area contributed by atoms with Gasteiger partial charge in [0.15, 0.2) is 0 Å². The minimum atomic E-state index is 0.415. The molecule has 1 aliphatic rings. The fraction of sp³-hybridized carbons (Fsp3) is 0.647. The van der Waals surface area contributed by atoms with E-state index in [9.17, 15) is 0 Å². The van der Waals surface area contributed by atoms with Crippen molar-refractivity contribution in [1.29, 1.82) is 0 Å². The third-order valence-electron chi connectivity index (χ3n) is 3.68. The third kappa shape index (κ3) is 4.32. The highest BCUT2D eigenvalue weighted by Gasteiger charge is 2.20. The van der Waals surface area contributed by atoms with Crippen LogP contribution in [0.4, 0.5) is 0 Å². The zero-order valence-corrected chi connectivity index (χ0v) is 14.1. The highest BCUT2D eigenvalue weighted by Crippen LogP contribution is 2.36. The van der Waals surface area contributed by atoms with Crippen molar-refractivity contribution in [2.45, 2.75) is 58.6 Å². The Morgan fingerprint density at radius 1 is 1.21 bits per heavy atom. The molecule has 1 heterocycles. The zero-order chi connectivity index (χ0) is 14.0. The molecule has 0 radical (unpaired) electrons. The maximum Gasteiger partial charge on any atom is 0.0725 e. The van der Waals surface area contributed by atoms with Crippen LogP contribution in [0.5, 0.6) is 0 Å². The van der Waals surface area contributed by atoms with Crippen LogP contribution in [0.15, 0.2) is 18.2 Å². The molecule has 2 unspecified atom stereocenters. The first kappa shape index (κ1) is 15.1. The molecule has 1 nitrogen and oxygen atoms in total. The van der Waals surface area contributed by atoms with Crippen molar-refractivity contribution >= 4 is 15.9 Å². The molecule has 0 aromatic heterocycles. The normalized spacial score (nSPS) is 18.2. The number of rotatable bonds is 4. The molecule has 2 atom stereocenters. The Morgan fingerprint density at radius 2 is 1.89 bits per heavy atom. The van der Waals surface area contributed by atoms with Crippen LogP contribution in [0.2, 0.25) is 0 Å². The van der Waals surface area contributed by atoms with Gasteiger partial charge in [-0.15, -0.1) is 0 Å². The van der Waals surface area contributed by atoms with Crippen molar-refractivity contribution < 1.29 is 4.74 Å². The van der Waals surface area contributed by atoms with E-state index in [1.165, 1.54) is 29.5 Å². The van der Waals surface area contributed by atoms with E-state index in [4.69, 9.17) is 4.74 Å². The fourth-order valence-corrected chi connectivity index (χ4v) is 3.93. The number of alkyl halides is 1. The van der Waals surface area contributed by atoms with Crippen LogP contribution in [-0.2, 0) is 18.0 Å². The Balaban J connectivity index is 1.98. The first-order chi connectivity index (χ1) is 8.85. The lowest BCUT2D eigenvalue weighted by atomic mass is 9.83. The Bertz CT molecular complexity index is 433. The Labute approximate surface area is 125 Å². The number of ether oxygens (including phenoxy) is 1. The summed E-state index contributed by atoms with van der Waals surface area (Å²) in [5.74, 6) is 0.730. The van der Waals surface area contributed by atoms with Gasteiger partial charge in [0, 0.05) is 4.83 Å². The van der Waals surface area contributed by atoms with Crippen LogP contribution in [0.1, 0.15) is 62.1 Å². The first-order valence-corrected chi connectivity index (χ1v) is 8.10. The molecule has 0 bridgehead atoms. The standard InChI is InChI=1S/C17H25BrO/c1-12(9-17(2,3)4)7-16(18)13-5-6-14-10-19-11-15(14)8-13/h5-6,8,12,16H,7,9-11H2,1-4H3. The summed E-state index contributed by atoms with van der Waals surface area (Å²) in [6.07, 6.45) is 2.46. The summed E-state index contributed by atoms with van der Waals surface area (Å²) in [5, 5.41) is 0. The Hall–Kier alpha value is -0.340. The third-order valence-corrected chi connectivity index (χ3v) is 4.58. The van der Waals surface area contributed by atoms with Crippen molar-refractivity contribution in [2.75, 3.05) is 0 Å². The fourth-order valence-electron chi connectivity index (χ4n) is 3.00. The summed E-state index contributed by atoms with van der Waals surface area (Å²) in [5.41, 5.74) is 4.53. The van der Waals surface area contributed by atoms with Gasteiger partial charge in [-0.1, -0.05) is 61.8 Å². The molecular weight excluding hydrogens is 300 g/mol. The largest absolute Gasteiger partial charge is 0.372 e. The quantitative estimate of drug-likeness (QED) is 0.653. The van der Waals surface area contributed by atoms with Crippen molar-refractivity contribution in [3.8, 4) is 0 Å². The van der Waals surface area contributed by atoms with Gasteiger partial charge >= 0.3 is 0 Å². The molecule has 0 saturated carbocycles. The Morgan fingerprint density at radius 3 is 2.58 bits per heavy atom. The molecular formula is C17H25BrO. The molecule has 0 saturated heterocycles. The molecule has 0 spiro atoms. The van der Waals surface area contributed by atoms with Crippen LogP contribution in [0, 0.1) is 11.3 Å². The second-order valence-corrected chi connectivity index (χ2v) is 8.20. The van der Waals surface area contributed by atoms with Crippen molar-refractivity contribution in [3.63, 3.8) is 0 Å². The number of halogens is 1. The van der Waals surface area contributed by atoms with Crippen LogP contribution in [-0.4, -0.2) is 0 Å². The molecule has 2 heteroatoms. The van der Waals surface area contributed by atoms with Gasteiger partial charge in [-0.25, -0.2) is 0 Å². The lowest BCUT2D eigenvalue weighted by Crippen LogP contribution is -2.12. The SMILES string of the molecule is CC(CC(Br)c1ccc2c(c1)COC2)CC(C)(C)C. The van der Waals surface area contributed by atoms with E-state index < -0.39 is 0 Å². The van der Waals surface area contributed by atoms with Gasteiger partial charge in [-0.2, -0.15) is 0 Å². The van der Waals surface area contributed by atoms with E-state index >= 15 is 0 Å². The molecule has 106 valence electrons. The predicted molar refractivity (Wildman–Crippen MR) is 84.5 cm³/mol. The maximum atomic E-state index is 5.48. The van der Waals surface area contributed by atoms with Crippen molar-refractivity contribution in [2.24, 2.45) is 11.3 Å². The van der Waals surface area contributed by atoms with Crippen LogP contribution in [0.3, 0.4) is 0 Å². The number of benzene rings is 1. The summed E-state index contributed by atoms with van der Waals surface area (Å²) in [6, 6.07) is 6.78. The van der Waals surface area contributed by atoms with Gasteiger partial charge in [-0.3, -0.25) is 0 Å². The summed E-state index contributed by atoms with van der Waals surface area (Å²) in [4.78, 5) is 0.454. The monoisotopic (exact) mass is 324 g/mol. The maximum absolute atomic E-state index is 5.48. The highest BCUT2D eigenvalue weighted by atomic mass is 79.9.